The highest BCUT2D eigenvalue weighted by atomic mass is 32.2. The number of hydrogen-bond donors (Lipinski definition) is 2. The summed E-state index contributed by atoms with van der Waals surface area (Å²) in [5, 5.41) is 6.46. The van der Waals surface area contributed by atoms with E-state index in [1.54, 1.807) is 12.3 Å². The predicted molar refractivity (Wildman–Crippen MR) is 130 cm³/mol. The molecule has 0 saturated carbocycles. The molecule has 2 N–H and O–H groups in total. The molecule has 2 aliphatic rings. The van der Waals surface area contributed by atoms with Crippen LogP contribution >= 0.6 is 23.1 Å². The molecule has 0 atom stereocenters. The maximum absolute atomic E-state index is 12.3. The van der Waals surface area contributed by atoms with Gasteiger partial charge in [-0.05, 0) is 74.5 Å². The lowest BCUT2D eigenvalue weighted by Gasteiger charge is -2.15. The monoisotopic (exact) mass is 471 g/mol. The van der Waals surface area contributed by atoms with E-state index in [4.69, 9.17) is 4.74 Å². The maximum Gasteiger partial charge on any atom is 0.264 e. The van der Waals surface area contributed by atoms with Crippen molar-refractivity contribution in [3.05, 3.63) is 39.7 Å². The first-order chi connectivity index (χ1) is 15.5. The molecule has 2 aromatic rings. The Bertz CT molecular complexity index is 1070. The zero-order chi connectivity index (χ0) is 22.5. The zero-order valence-electron chi connectivity index (χ0n) is 18.0. The molecule has 1 aromatic heterocycles. The van der Waals surface area contributed by atoms with Crippen molar-refractivity contribution < 1.29 is 14.3 Å². The van der Waals surface area contributed by atoms with E-state index >= 15 is 0 Å². The third-order valence-electron chi connectivity index (χ3n) is 5.00. The minimum Gasteiger partial charge on any atom is -0.492 e. The molecule has 0 bridgehead atoms. The number of aryl methyl sites for hydroxylation is 1. The van der Waals surface area contributed by atoms with Gasteiger partial charge in [0.1, 0.15) is 12.4 Å². The molecule has 1 aromatic carbocycles. The third-order valence-corrected chi connectivity index (χ3v) is 6.77. The number of benzene rings is 1. The molecular weight excluding hydrogens is 446 g/mol. The number of likely N-dealkylation sites (tertiary alicyclic amines) is 1. The first-order valence-electron chi connectivity index (χ1n) is 10.4. The van der Waals surface area contributed by atoms with Crippen molar-refractivity contribution in [3.63, 3.8) is 0 Å². The number of anilines is 1. The van der Waals surface area contributed by atoms with Gasteiger partial charge in [0.2, 0.25) is 5.91 Å². The maximum atomic E-state index is 12.3. The van der Waals surface area contributed by atoms with E-state index in [2.05, 4.69) is 25.5 Å². The van der Waals surface area contributed by atoms with Crippen molar-refractivity contribution in [2.75, 3.05) is 31.6 Å². The molecule has 2 amide bonds. The van der Waals surface area contributed by atoms with Crippen LogP contribution in [-0.2, 0) is 9.59 Å². The van der Waals surface area contributed by atoms with Gasteiger partial charge in [0.05, 0.1) is 15.5 Å². The van der Waals surface area contributed by atoms with Crippen molar-refractivity contribution in [1.29, 1.82) is 0 Å². The molecule has 0 radical (unpaired) electrons. The molecule has 8 nitrogen and oxygen atoms in total. The van der Waals surface area contributed by atoms with Crippen LogP contribution in [0.2, 0.25) is 0 Å². The van der Waals surface area contributed by atoms with Gasteiger partial charge >= 0.3 is 0 Å². The van der Waals surface area contributed by atoms with Crippen LogP contribution in [0.25, 0.3) is 6.08 Å². The Morgan fingerprint density at radius 3 is 2.94 bits per heavy atom. The lowest BCUT2D eigenvalue weighted by molar-refractivity contribution is -0.115. The Balaban J connectivity index is 1.37. The molecule has 0 spiro atoms. The third kappa shape index (κ3) is 5.96. The normalized spacial score (nSPS) is 19.0. The van der Waals surface area contributed by atoms with Crippen molar-refractivity contribution in [2.24, 2.45) is 4.99 Å². The van der Waals surface area contributed by atoms with Gasteiger partial charge in [-0.3, -0.25) is 14.5 Å². The Morgan fingerprint density at radius 1 is 1.38 bits per heavy atom. The lowest BCUT2D eigenvalue weighted by atomic mass is 10.2. The first kappa shape index (κ1) is 22.5. The van der Waals surface area contributed by atoms with Crippen LogP contribution in [0.3, 0.4) is 0 Å². The number of hydrogen-bond acceptors (Lipinski definition) is 8. The largest absolute Gasteiger partial charge is 0.492 e. The fourth-order valence-corrected chi connectivity index (χ4v) is 5.13. The van der Waals surface area contributed by atoms with Crippen LogP contribution in [0.5, 0.6) is 5.75 Å². The molecule has 2 aliphatic heterocycles. The molecule has 0 aliphatic carbocycles. The number of thiazole rings is 1. The Labute approximate surface area is 195 Å². The number of rotatable bonds is 7. The average molecular weight is 472 g/mol. The van der Waals surface area contributed by atoms with E-state index < -0.39 is 0 Å². The van der Waals surface area contributed by atoms with Gasteiger partial charge in [-0.15, -0.1) is 0 Å². The van der Waals surface area contributed by atoms with Crippen LogP contribution < -0.4 is 15.4 Å². The van der Waals surface area contributed by atoms with Crippen molar-refractivity contribution in [3.8, 4) is 5.75 Å². The number of aliphatic imine (C=N–C) groups is 1. The number of amides is 2. The number of thioether (sulfide) groups is 1. The van der Waals surface area contributed by atoms with Gasteiger partial charge in [0.15, 0.2) is 10.3 Å². The minimum atomic E-state index is -0.206. The van der Waals surface area contributed by atoms with Crippen molar-refractivity contribution >= 4 is 57.0 Å². The highest BCUT2D eigenvalue weighted by Crippen LogP contribution is 2.31. The summed E-state index contributed by atoms with van der Waals surface area (Å²) in [6.07, 6.45) is 5.93. The fourth-order valence-electron chi connectivity index (χ4n) is 3.42. The van der Waals surface area contributed by atoms with Gasteiger partial charge < -0.3 is 15.4 Å². The summed E-state index contributed by atoms with van der Waals surface area (Å²) < 4.78 is 5.90. The van der Waals surface area contributed by atoms with Crippen LogP contribution in [0, 0.1) is 6.92 Å². The van der Waals surface area contributed by atoms with E-state index in [-0.39, 0.29) is 11.8 Å². The SMILES string of the molecule is CC(=O)Nc1ncc(C=C2SC(=Nc3ccc(OCCN4CCCC4)cc3C)NC2=O)s1. The summed E-state index contributed by atoms with van der Waals surface area (Å²) in [4.78, 5) is 35.9. The molecule has 10 heteroatoms. The topological polar surface area (TPSA) is 95.9 Å². The standard InChI is InChI=1S/C22H25N5O3S2/c1-14-11-16(30-10-9-27-7-3-4-8-27)5-6-18(14)25-22-26-20(29)19(32-22)12-17-13-23-21(31-17)24-15(2)28/h5-6,11-13H,3-4,7-10H2,1-2H3,(H,23,24,28)(H,25,26,29). The van der Waals surface area contributed by atoms with Crippen LogP contribution in [0.4, 0.5) is 10.8 Å². The quantitative estimate of drug-likeness (QED) is 0.597. The number of carbonyl (C=O) groups excluding carboxylic acids is 2. The number of carbonyl (C=O) groups is 2. The Kier molecular flexibility index (Phi) is 7.23. The predicted octanol–water partition coefficient (Wildman–Crippen LogP) is 3.78. The summed E-state index contributed by atoms with van der Waals surface area (Å²) in [7, 11) is 0. The second-order valence-corrected chi connectivity index (χ2v) is 9.67. The Hall–Kier alpha value is -2.69. The van der Waals surface area contributed by atoms with Crippen LogP contribution in [-0.4, -0.2) is 53.1 Å². The molecule has 4 rings (SSSR count). The fraction of sp³-hybridized carbons (Fsp3) is 0.364. The summed E-state index contributed by atoms with van der Waals surface area (Å²) in [6.45, 7) is 7.36. The van der Waals surface area contributed by atoms with E-state index in [1.165, 1.54) is 42.9 Å². The lowest BCUT2D eigenvalue weighted by Crippen LogP contribution is -2.25. The van der Waals surface area contributed by atoms with Crippen molar-refractivity contribution in [2.45, 2.75) is 26.7 Å². The minimum absolute atomic E-state index is 0.181. The molecule has 2 fully saturated rings. The van der Waals surface area contributed by atoms with Crippen LogP contribution in [0.15, 0.2) is 34.3 Å². The van der Waals surface area contributed by atoms with Gasteiger partial charge in [0.25, 0.3) is 5.91 Å². The smallest absolute Gasteiger partial charge is 0.264 e. The first-order valence-corrected chi connectivity index (χ1v) is 12.1. The summed E-state index contributed by atoms with van der Waals surface area (Å²) >= 11 is 2.58. The van der Waals surface area contributed by atoms with Gasteiger partial charge in [-0.25, -0.2) is 9.98 Å². The second-order valence-electron chi connectivity index (χ2n) is 7.58. The van der Waals surface area contributed by atoms with Gasteiger partial charge in [-0.1, -0.05) is 11.3 Å². The Morgan fingerprint density at radius 2 is 2.19 bits per heavy atom. The van der Waals surface area contributed by atoms with E-state index in [9.17, 15) is 9.59 Å². The number of amidine groups is 1. The molecule has 32 heavy (non-hydrogen) atoms. The van der Waals surface area contributed by atoms with E-state index in [1.807, 2.05) is 25.1 Å². The number of aromatic nitrogens is 1. The van der Waals surface area contributed by atoms with Gasteiger partial charge in [-0.2, -0.15) is 0 Å². The molecule has 3 heterocycles. The zero-order valence-corrected chi connectivity index (χ0v) is 19.6. The molecule has 168 valence electrons. The molecule has 2 saturated heterocycles. The summed E-state index contributed by atoms with van der Waals surface area (Å²) in [6, 6.07) is 5.79. The van der Waals surface area contributed by atoms with Crippen LogP contribution in [0.1, 0.15) is 30.2 Å². The highest BCUT2D eigenvalue weighted by molar-refractivity contribution is 8.18. The average Bonchev–Trinajstić information content (AvgIpc) is 3.47. The van der Waals surface area contributed by atoms with E-state index in [0.29, 0.717) is 21.8 Å². The summed E-state index contributed by atoms with van der Waals surface area (Å²) in [5.74, 6) is 0.441. The van der Waals surface area contributed by atoms with Gasteiger partial charge in [0, 0.05) is 19.7 Å². The number of ether oxygens (including phenoxy) is 1. The summed E-state index contributed by atoms with van der Waals surface area (Å²) in [5.41, 5.74) is 1.76. The molecule has 0 unspecified atom stereocenters. The number of nitrogens with one attached hydrogen (secondary N) is 2. The van der Waals surface area contributed by atoms with E-state index in [0.717, 1.165) is 41.5 Å². The number of nitrogens with zero attached hydrogens (tertiary/aromatic N) is 3. The molecular formula is C22H25N5O3S2. The van der Waals surface area contributed by atoms with Crippen molar-refractivity contribution in [1.82, 2.24) is 15.2 Å². The highest BCUT2D eigenvalue weighted by Gasteiger charge is 2.24. The second kappa shape index (κ2) is 10.3.